The third-order valence-electron chi connectivity index (χ3n) is 1.82. The lowest BCUT2D eigenvalue weighted by molar-refractivity contribution is 0.181. The van der Waals surface area contributed by atoms with Crippen LogP contribution in [0.5, 0.6) is 0 Å². The second kappa shape index (κ2) is 4.23. The van der Waals surface area contributed by atoms with E-state index < -0.39 is 0 Å². The minimum atomic E-state index is 0.411. The number of halogens is 1. The van der Waals surface area contributed by atoms with E-state index in [9.17, 15) is 0 Å². The SMILES string of the molecule is COCC(C)c1c(I)cnn1C. The van der Waals surface area contributed by atoms with E-state index >= 15 is 0 Å². The molecule has 0 bridgehead atoms. The maximum absolute atomic E-state index is 5.09. The van der Waals surface area contributed by atoms with Gasteiger partial charge in [0.2, 0.25) is 0 Å². The van der Waals surface area contributed by atoms with Gasteiger partial charge in [0.1, 0.15) is 0 Å². The number of aromatic nitrogens is 2. The van der Waals surface area contributed by atoms with E-state index in [1.807, 2.05) is 17.9 Å². The summed E-state index contributed by atoms with van der Waals surface area (Å²) >= 11 is 2.30. The highest BCUT2D eigenvalue weighted by molar-refractivity contribution is 14.1. The molecule has 0 aliphatic carbocycles. The Morgan fingerprint density at radius 2 is 2.42 bits per heavy atom. The maximum atomic E-state index is 5.09. The van der Waals surface area contributed by atoms with Crippen LogP contribution in [0, 0.1) is 3.57 Å². The second-order valence-electron chi connectivity index (χ2n) is 2.86. The Morgan fingerprint density at radius 3 is 2.83 bits per heavy atom. The molecule has 0 saturated carbocycles. The van der Waals surface area contributed by atoms with Crippen LogP contribution in [0.2, 0.25) is 0 Å². The molecule has 0 spiro atoms. The van der Waals surface area contributed by atoms with Gasteiger partial charge in [-0.1, -0.05) is 6.92 Å². The average Bonchev–Trinajstić information content (AvgIpc) is 2.32. The summed E-state index contributed by atoms with van der Waals surface area (Å²) in [4.78, 5) is 0. The molecular formula is C8H13IN2O. The Hall–Kier alpha value is -0.100. The van der Waals surface area contributed by atoms with Crippen molar-refractivity contribution in [3.63, 3.8) is 0 Å². The van der Waals surface area contributed by atoms with Gasteiger partial charge in [0, 0.05) is 20.1 Å². The van der Waals surface area contributed by atoms with Crippen molar-refractivity contribution in [3.8, 4) is 0 Å². The van der Waals surface area contributed by atoms with Gasteiger partial charge in [-0.25, -0.2) is 0 Å². The first-order valence-electron chi connectivity index (χ1n) is 3.83. The molecule has 0 aliphatic rings. The quantitative estimate of drug-likeness (QED) is 0.789. The summed E-state index contributed by atoms with van der Waals surface area (Å²) in [6.45, 7) is 2.89. The van der Waals surface area contributed by atoms with Crippen LogP contribution in [0.1, 0.15) is 18.5 Å². The molecule has 1 aromatic rings. The number of ether oxygens (including phenoxy) is 1. The summed E-state index contributed by atoms with van der Waals surface area (Å²) in [5, 5.41) is 4.17. The summed E-state index contributed by atoms with van der Waals surface area (Å²) < 4.78 is 8.21. The van der Waals surface area contributed by atoms with Gasteiger partial charge in [-0.05, 0) is 22.6 Å². The van der Waals surface area contributed by atoms with Crippen LogP contribution >= 0.6 is 22.6 Å². The molecule has 3 nitrogen and oxygen atoms in total. The first-order valence-corrected chi connectivity index (χ1v) is 4.91. The van der Waals surface area contributed by atoms with Crippen molar-refractivity contribution < 1.29 is 4.74 Å². The fraction of sp³-hybridized carbons (Fsp3) is 0.625. The van der Waals surface area contributed by atoms with E-state index in [-0.39, 0.29) is 0 Å². The summed E-state index contributed by atoms with van der Waals surface area (Å²) in [6, 6.07) is 0. The molecule has 12 heavy (non-hydrogen) atoms. The predicted octanol–water partition coefficient (Wildman–Crippen LogP) is 1.77. The molecule has 0 amide bonds. The van der Waals surface area contributed by atoms with Gasteiger partial charge in [-0.15, -0.1) is 0 Å². The van der Waals surface area contributed by atoms with E-state index in [4.69, 9.17) is 4.74 Å². The van der Waals surface area contributed by atoms with E-state index in [0.29, 0.717) is 5.92 Å². The van der Waals surface area contributed by atoms with Crippen LogP contribution in [-0.2, 0) is 11.8 Å². The number of hydrogen-bond acceptors (Lipinski definition) is 2. The van der Waals surface area contributed by atoms with Crippen LogP contribution in [-0.4, -0.2) is 23.5 Å². The molecule has 0 saturated heterocycles. The van der Waals surface area contributed by atoms with Crippen molar-refractivity contribution in [1.29, 1.82) is 0 Å². The van der Waals surface area contributed by atoms with Crippen molar-refractivity contribution in [2.75, 3.05) is 13.7 Å². The zero-order valence-corrected chi connectivity index (χ0v) is 9.70. The molecule has 1 aromatic heterocycles. The number of methoxy groups -OCH3 is 1. The van der Waals surface area contributed by atoms with Gasteiger partial charge in [0.15, 0.2) is 0 Å². The van der Waals surface area contributed by atoms with Gasteiger partial charge in [0.25, 0.3) is 0 Å². The molecule has 68 valence electrons. The normalized spacial score (nSPS) is 13.3. The smallest absolute Gasteiger partial charge is 0.0626 e. The number of nitrogens with zero attached hydrogens (tertiary/aromatic N) is 2. The highest BCUT2D eigenvalue weighted by Gasteiger charge is 2.13. The Balaban J connectivity index is 2.85. The van der Waals surface area contributed by atoms with Crippen molar-refractivity contribution in [1.82, 2.24) is 9.78 Å². The van der Waals surface area contributed by atoms with E-state index in [1.165, 1.54) is 9.26 Å². The lowest BCUT2D eigenvalue weighted by Gasteiger charge is -2.11. The number of rotatable bonds is 3. The number of aryl methyl sites for hydroxylation is 1. The summed E-state index contributed by atoms with van der Waals surface area (Å²) in [5.74, 6) is 0.411. The molecule has 1 atom stereocenters. The Morgan fingerprint density at radius 1 is 1.75 bits per heavy atom. The fourth-order valence-electron chi connectivity index (χ4n) is 1.30. The van der Waals surface area contributed by atoms with Gasteiger partial charge < -0.3 is 4.74 Å². The lowest BCUT2D eigenvalue weighted by Crippen LogP contribution is -2.09. The Labute approximate surface area is 86.2 Å². The zero-order chi connectivity index (χ0) is 9.14. The Kier molecular flexibility index (Phi) is 3.52. The average molecular weight is 280 g/mol. The molecule has 0 radical (unpaired) electrons. The van der Waals surface area contributed by atoms with Crippen LogP contribution in [0.15, 0.2) is 6.20 Å². The summed E-state index contributed by atoms with van der Waals surface area (Å²) in [7, 11) is 3.68. The van der Waals surface area contributed by atoms with Crippen molar-refractivity contribution in [2.24, 2.45) is 7.05 Å². The molecule has 1 heterocycles. The fourth-order valence-corrected chi connectivity index (χ4v) is 2.31. The highest BCUT2D eigenvalue weighted by atomic mass is 127. The highest BCUT2D eigenvalue weighted by Crippen LogP contribution is 2.20. The largest absolute Gasteiger partial charge is 0.384 e. The molecule has 0 fully saturated rings. The van der Waals surface area contributed by atoms with Crippen LogP contribution < -0.4 is 0 Å². The maximum Gasteiger partial charge on any atom is 0.0626 e. The number of hydrogen-bond donors (Lipinski definition) is 0. The monoisotopic (exact) mass is 280 g/mol. The molecular weight excluding hydrogens is 267 g/mol. The standard InChI is InChI=1S/C8H13IN2O/c1-6(5-12-3)8-7(9)4-10-11(8)2/h4,6H,5H2,1-3H3. The molecule has 0 N–H and O–H groups in total. The van der Waals surface area contributed by atoms with Crippen molar-refractivity contribution >= 4 is 22.6 Å². The van der Waals surface area contributed by atoms with E-state index in [1.54, 1.807) is 7.11 Å². The molecule has 0 aliphatic heterocycles. The minimum Gasteiger partial charge on any atom is -0.384 e. The topological polar surface area (TPSA) is 27.1 Å². The van der Waals surface area contributed by atoms with E-state index in [0.717, 1.165) is 6.61 Å². The predicted molar refractivity (Wildman–Crippen MR) is 56.2 cm³/mol. The second-order valence-corrected chi connectivity index (χ2v) is 4.02. The third kappa shape index (κ3) is 1.98. The molecule has 0 aromatic carbocycles. The first-order chi connectivity index (χ1) is 5.66. The van der Waals surface area contributed by atoms with Crippen molar-refractivity contribution in [3.05, 3.63) is 15.5 Å². The molecule has 1 unspecified atom stereocenters. The van der Waals surface area contributed by atoms with Crippen LogP contribution in [0.25, 0.3) is 0 Å². The lowest BCUT2D eigenvalue weighted by atomic mass is 10.1. The Bertz CT molecular complexity index is 240. The summed E-state index contributed by atoms with van der Waals surface area (Å²) in [5.41, 5.74) is 1.25. The molecule has 1 rings (SSSR count). The van der Waals surface area contributed by atoms with Crippen LogP contribution in [0.4, 0.5) is 0 Å². The minimum absolute atomic E-state index is 0.411. The third-order valence-corrected chi connectivity index (χ3v) is 2.65. The zero-order valence-electron chi connectivity index (χ0n) is 7.54. The molecule has 4 heteroatoms. The van der Waals surface area contributed by atoms with Gasteiger partial charge in [-0.2, -0.15) is 5.10 Å². The van der Waals surface area contributed by atoms with Crippen LogP contribution in [0.3, 0.4) is 0 Å². The van der Waals surface area contributed by atoms with Gasteiger partial charge >= 0.3 is 0 Å². The van der Waals surface area contributed by atoms with E-state index in [2.05, 4.69) is 34.6 Å². The van der Waals surface area contributed by atoms with Gasteiger partial charge in [0.05, 0.1) is 22.1 Å². The van der Waals surface area contributed by atoms with Gasteiger partial charge in [-0.3, -0.25) is 4.68 Å². The summed E-state index contributed by atoms with van der Waals surface area (Å²) in [6.07, 6.45) is 1.88. The van der Waals surface area contributed by atoms with Crippen molar-refractivity contribution in [2.45, 2.75) is 12.8 Å². The first kappa shape index (κ1) is 9.98.